The van der Waals surface area contributed by atoms with Crippen LogP contribution in [0.3, 0.4) is 0 Å². The monoisotopic (exact) mass is 766 g/mol. The van der Waals surface area contributed by atoms with Gasteiger partial charge in [0, 0.05) is 42.0 Å². The number of nitrogens with two attached hydrogens (primary N) is 1. The molecule has 0 spiro atoms. The van der Waals surface area contributed by atoms with Crippen LogP contribution < -0.4 is 27.0 Å². The Kier molecular flexibility index (Phi) is 15.2. The van der Waals surface area contributed by atoms with Crippen LogP contribution in [0.25, 0.3) is 11.0 Å². The Morgan fingerprint density at radius 2 is 1.59 bits per heavy atom. The van der Waals surface area contributed by atoms with Gasteiger partial charge in [0.25, 0.3) is 0 Å². The van der Waals surface area contributed by atoms with Gasteiger partial charge in [0.1, 0.15) is 24.3 Å². The Bertz CT molecular complexity index is 1510. The van der Waals surface area contributed by atoms with Crippen LogP contribution in [-0.2, 0) is 19.1 Å². The number of nitrogen functional groups attached to an aromatic ring is 1. The Morgan fingerprint density at radius 3 is 2.08 bits per heavy atom. The quantitative estimate of drug-likeness (QED) is 0.0929. The fourth-order valence-corrected chi connectivity index (χ4v) is 8.52. The number of hydrogen-bond acceptors (Lipinski definition) is 11. The summed E-state index contributed by atoms with van der Waals surface area (Å²) in [7, 11) is 0. The van der Waals surface area contributed by atoms with Gasteiger partial charge in [-0.25, -0.2) is 14.6 Å². The Morgan fingerprint density at radius 1 is 1.04 bits per heavy atom. The number of esters is 1. The lowest BCUT2D eigenvalue weighted by Crippen LogP contribution is -2.34. The molecule has 5 aliphatic heterocycles. The van der Waals surface area contributed by atoms with E-state index in [2.05, 4.69) is 37.2 Å². The normalized spacial score (nSPS) is 26.7. The number of anilines is 1. The maximum absolute atomic E-state index is 11.8. The van der Waals surface area contributed by atoms with Crippen LogP contribution in [0.1, 0.15) is 71.4 Å². The van der Waals surface area contributed by atoms with E-state index in [1.54, 1.807) is 0 Å². The number of halogens is 1. The van der Waals surface area contributed by atoms with E-state index in [4.69, 9.17) is 38.3 Å². The minimum absolute atomic E-state index is 0.00491. The van der Waals surface area contributed by atoms with E-state index in [0.717, 1.165) is 48.7 Å². The molecule has 0 unspecified atom stereocenters. The number of aliphatic carboxylic acids is 1. The third-order valence-corrected chi connectivity index (χ3v) is 11.2. The van der Waals surface area contributed by atoms with E-state index in [1.807, 2.05) is 54.2 Å². The number of nitrogens with zero attached hydrogens (tertiary/aromatic N) is 3. The van der Waals surface area contributed by atoms with Gasteiger partial charge in [0.15, 0.2) is 5.60 Å². The highest BCUT2D eigenvalue weighted by molar-refractivity contribution is 7.99. The van der Waals surface area contributed by atoms with Crippen LogP contribution >= 0.6 is 35.1 Å². The topological polar surface area (TPSA) is 212 Å². The number of nitrogens with one attached hydrogen (secondary N) is 4. The molecule has 5 fully saturated rings. The molecule has 5 saturated heterocycles. The summed E-state index contributed by atoms with van der Waals surface area (Å²) in [6, 6.07) is 3.44. The maximum atomic E-state index is 11.8. The van der Waals surface area contributed by atoms with Crippen molar-refractivity contribution in [2.24, 2.45) is 0 Å². The summed E-state index contributed by atoms with van der Waals surface area (Å²) < 4.78 is 13.3. The van der Waals surface area contributed by atoms with Crippen LogP contribution in [0.4, 0.5) is 15.4 Å². The van der Waals surface area contributed by atoms with E-state index in [0.29, 0.717) is 66.7 Å². The van der Waals surface area contributed by atoms with Crippen LogP contribution in [0, 0.1) is 12.3 Å². The molecule has 2 aromatic rings. The summed E-state index contributed by atoms with van der Waals surface area (Å²) in [6.07, 6.45) is 12.6. The van der Waals surface area contributed by atoms with Crippen molar-refractivity contribution in [1.82, 2.24) is 35.8 Å². The van der Waals surface area contributed by atoms with Gasteiger partial charge < -0.3 is 46.1 Å². The van der Waals surface area contributed by atoms with Gasteiger partial charge >= 0.3 is 24.0 Å². The second-order valence-electron chi connectivity index (χ2n) is 12.6. The Balaban J connectivity index is 0.000000187. The fourth-order valence-electron chi connectivity index (χ4n) is 5.80. The molecule has 0 aliphatic carbocycles. The van der Waals surface area contributed by atoms with Crippen molar-refractivity contribution < 1.29 is 33.8 Å². The average molecular weight is 767 g/mol. The SMILES string of the molecule is C#C[C@@]1(COC(=O)CCCC)CC[C@H](n2ccc3c(N)nc(Cl)nc32)O1.CCCCC(=O)O.O=C1N[C@H]2CSC[C@H]2N1.O=C1N[C@H]2CSC[C@H]2N1. The molecule has 6 atom stereocenters. The molecule has 280 valence electrons. The number of urea groups is 2. The molecule has 0 saturated carbocycles. The fraction of sp³-hybridized carbons (Fsp3) is 0.636. The number of carbonyl (C=O) groups is 4. The van der Waals surface area contributed by atoms with E-state index in [1.165, 1.54) is 0 Å². The third kappa shape index (κ3) is 11.4. The number of unbranched alkanes of at least 4 members (excludes halogenated alkanes) is 2. The summed E-state index contributed by atoms with van der Waals surface area (Å²) in [5.74, 6) is 6.31. The standard InChI is InChI=1S/C18H21ClN4O3.2C5H8N2OS.C5H10O2/c1-3-5-6-14(24)25-11-18(4-2)9-7-13(26-18)23-10-8-12-15(20)21-17(19)22-16(12)23;2*8-5-6-3-1-9-2-4(3)7-5;1-2-3-4-5(6)7/h2,8,10,13H,3,5-7,9,11H2,1H3,(H2,20,21,22);2*3-4H,1-2H2,(H2,6,7,8);2-4H2,1H3,(H,6,7)/t13-,18+;2*3-,4+;/m1.../s1. The number of rotatable bonds is 9. The molecule has 7 heterocycles. The molecule has 0 radical (unpaired) electrons. The first-order chi connectivity index (χ1) is 24.5. The van der Waals surface area contributed by atoms with Gasteiger partial charge in [-0.1, -0.05) is 32.6 Å². The van der Waals surface area contributed by atoms with Crippen LogP contribution in [0.2, 0.25) is 5.28 Å². The van der Waals surface area contributed by atoms with Crippen LogP contribution in [0.5, 0.6) is 0 Å². The van der Waals surface area contributed by atoms with Gasteiger partial charge in [-0.05, 0) is 43.4 Å². The van der Waals surface area contributed by atoms with E-state index in [-0.39, 0.29) is 36.1 Å². The van der Waals surface area contributed by atoms with Gasteiger partial charge in [0.05, 0.1) is 29.6 Å². The number of carboxylic acids is 1. The van der Waals surface area contributed by atoms with Crippen molar-refractivity contribution >= 4 is 76.0 Å². The lowest BCUT2D eigenvalue weighted by Gasteiger charge is -2.24. The predicted octanol–water partition coefficient (Wildman–Crippen LogP) is 3.91. The summed E-state index contributed by atoms with van der Waals surface area (Å²) in [5.41, 5.74) is 5.53. The second kappa shape index (κ2) is 19.3. The van der Waals surface area contributed by atoms with Crippen molar-refractivity contribution in [1.29, 1.82) is 0 Å². The molecule has 51 heavy (non-hydrogen) atoms. The van der Waals surface area contributed by atoms with E-state index in [9.17, 15) is 19.2 Å². The van der Waals surface area contributed by atoms with Crippen molar-refractivity contribution in [3.8, 4) is 12.3 Å². The summed E-state index contributed by atoms with van der Waals surface area (Å²) in [5, 5.41) is 20.2. The molecule has 2 aromatic heterocycles. The molecular formula is C33H47ClN8O7S2. The molecule has 7 N–H and O–H groups in total. The van der Waals surface area contributed by atoms with E-state index >= 15 is 0 Å². The number of thioether (sulfide) groups is 2. The number of terminal acetylenes is 1. The van der Waals surface area contributed by atoms with Gasteiger partial charge in [-0.15, -0.1) is 6.42 Å². The number of fused-ring (bicyclic) bond motifs is 3. The third-order valence-electron chi connectivity index (χ3n) is 8.68. The highest BCUT2D eigenvalue weighted by Gasteiger charge is 2.41. The first-order valence-electron chi connectivity index (χ1n) is 17.1. The molecule has 18 heteroatoms. The van der Waals surface area contributed by atoms with Crippen LogP contribution in [-0.4, -0.2) is 103 Å². The number of hydrogen-bond donors (Lipinski definition) is 6. The maximum Gasteiger partial charge on any atom is 0.315 e. The predicted molar refractivity (Wildman–Crippen MR) is 199 cm³/mol. The molecule has 0 bridgehead atoms. The lowest BCUT2D eigenvalue weighted by atomic mass is 10.0. The van der Waals surface area contributed by atoms with Gasteiger partial charge in [0.2, 0.25) is 5.28 Å². The summed E-state index contributed by atoms with van der Waals surface area (Å²) >= 11 is 9.70. The Hall–Kier alpha value is -3.59. The first kappa shape index (κ1) is 40.2. The summed E-state index contributed by atoms with van der Waals surface area (Å²) in [4.78, 5) is 51.0. The average Bonchev–Trinajstić information content (AvgIpc) is 3.94. The number of carbonyl (C=O) groups excluding carboxylic acids is 3. The second-order valence-corrected chi connectivity index (χ2v) is 15.1. The zero-order valence-corrected chi connectivity index (χ0v) is 31.2. The van der Waals surface area contributed by atoms with E-state index < -0.39 is 11.6 Å². The first-order valence-corrected chi connectivity index (χ1v) is 19.8. The highest BCUT2D eigenvalue weighted by Crippen LogP contribution is 2.38. The number of amides is 4. The number of ether oxygens (including phenoxy) is 2. The summed E-state index contributed by atoms with van der Waals surface area (Å²) in [6.45, 7) is 4.04. The molecule has 7 rings (SSSR count). The number of aromatic nitrogens is 3. The van der Waals surface area contributed by atoms with Crippen LogP contribution in [0.15, 0.2) is 12.3 Å². The minimum Gasteiger partial charge on any atom is -0.481 e. The highest BCUT2D eigenvalue weighted by atomic mass is 35.5. The van der Waals surface area contributed by atoms with Crippen molar-refractivity contribution in [2.45, 2.75) is 101 Å². The molecule has 4 amide bonds. The zero-order valence-electron chi connectivity index (χ0n) is 28.8. The minimum atomic E-state index is -0.939. The van der Waals surface area contributed by atoms with Crippen molar-refractivity contribution in [3.63, 3.8) is 0 Å². The molecule has 15 nitrogen and oxygen atoms in total. The smallest absolute Gasteiger partial charge is 0.315 e. The molecule has 0 aromatic carbocycles. The largest absolute Gasteiger partial charge is 0.481 e. The van der Waals surface area contributed by atoms with Gasteiger partial charge in [-0.3, -0.25) is 9.59 Å². The molecule has 5 aliphatic rings. The molecular weight excluding hydrogens is 720 g/mol. The zero-order chi connectivity index (χ0) is 37.0. The number of carboxylic acid groups (broad SMARTS) is 1. The van der Waals surface area contributed by atoms with Crippen molar-refractivity contribution in [2.75, 3.05) is 35.4 Å². The van der Waals surface area contributed by atoms with Crippen molar-refractivity contribution in [3.05, 3.63) is 17.5 Å². The lowest BCUT2D eigenvalue weighted by molar-refractivity contribution is -0.152. The van der Waals surface area contributed by atoms with Gasteiger partial charge in [-0.2, -0.15) is 28.5 Å². The Labute approximate surface area is 311 Å².